The number of hydrogen-bond donors (Lipinski definition) is 2. The highest BCUT2D eigenvalue weighted by molar-refractivity contribution is 5.55. The Morgan fingerprint density at radius 2 is 1.93 bits per heavy atom. The molecular formula is C19H17F3N6O2. The van der Waals surface area contributed by atoms with Gasteiger partial charge < -0.3 is 20.1 Å². The van der Waals surface area contributed by atoms with Crippen LogP contribution in [-0.4, -0.2) is 39.6 Å². The van der Waals surface area contributed by atoms with Gasteiger partial charge in [-0.1, -0.05) is 6.07 Å². The summed E-state index contributed by atoms with van der Waals surface area (Å²) in [6, 6.07) is 7.99. The molecule has 1 fully saturated rings. The Labute approximate surface area is 169 Å². The van der Waals surface area contributed by atoms with Gasteiger partial charge in [-0.2, -0.15) is 28.1 Å². The number of aromatic nitrogens is 4. The Bertz CT molecular complexity index is 997. The van der Waals surface area contributed by atoms with Gasteiger partial charge in [0, 0.05) is 31.2 Å². The lowest BCUT2D eigenvalue weighted by Gasteiger charge is -2.22. The van der Waals surface area contributed by atoms with Crippen molar-refractivity contribution in [3.63, 3.8) is 0 Å². The molecule has 156 valence electrons. The normalized spacial score (nSPS) is 16.8. The molecule has 1 aromatic carbocycles. The van der Waals surface area contributed by atoms with E-state index in [1.165, 1.54) is 12.1 Å². The summed E-state index contributed by atoms with van der Waals surface area (Å²) in [7, 11) is 0. The van der Waals surface area contributed by atoms with Crippen molar-refractivity contribution in [2.24, 2.45) is 0 Å². The third kappa shape index (κ3) is 4.99. The van der Waals surface area contributed by atoms with Crippen LogP contribution in [0.2, 0.25) is 0 Å². The second-order valence-corrected chi connectivity index (χ2v) is 6.35. The van der Waals surface area contributed by atoms with Crippen LogP contribution < -0.4 is 15.4 Å². The second kappa shape index (κ2) is 8.59. The number of benzene rings is 1. The molecule has 0 bridgehead atoms. The van der Waals surface area contributed by atoms with Crippen LogP contribution in [0.1, 0.15) is 17.5 Å². The van der Waals surface area contributed by atoms with Gasteiger partial charge in [-0.15, -0.1) is 0 Å². The lowest BCUT2D eigenvalue weighted by atomic mass is 10.2. The summed E-state index contributed by atoms with van der Waals surface area (Å²) in [5.41, 5.74) is -0.602. The number of ether oxygens (including phenoxy) is 2. The van der Waals surface area contributed by atoms with E-state index in [0.717, 1.165) is 12.1 Å². The van der Waals surface area contributed by atoms with E-state index >= 15 is 0 Å². The van der Waals surface area contributed by atoms with Crippen LogP contribution >= 0.6 is 0 Å². The molecule has 0 amide bonds. The predicted molar refractivity (Wildman–Crippen MR) is 100 cm³/mol. The van der Waals surface area contributed by atoms with Gasteiger partial charge in [-0.05, 0) is 30.3 Å². The van der Waals surface area contributed by atoms with Crippen molar-refractivity contribution in [1.29, 1.82) is 0 Å². The minimum Gasteiger partial charge on any atom is -0.424 e. The lowest BCUT2D eigenvalue weighted by Crippen LogP contribution is -2.34. The maximum atomic E-state index is 13.0. The number of halogens is 3. The quantitative estimate of drug-likeness (QED) is 0.651. The van der Waals surface area contributed by atoms with Gasteiger partial charge in [0.1, 0.15) is 11.9 Å². The highest BCUT2D eigenvalue weighted by atomic mass is 19.4. The highest BCUT2D eigenvalue weighted by Gasteiger charge is 2.30. The molecule has 3 heterocycles. The molecule has 2 aromatic heterocycles. The summed E-state index contributed by atoms with van der Waals surface area (Å²) in [6.45, 7) is 1.67. The molecule has 0 aliphatic carbocycles. The van der Waals surface area contributed by atoms with Crippen molar-refractivity contribution in [2.45, 2.75) is 12.3 Å². The van der Waals surface area contributed by atoms with Crippen LogP contribution in [0.4, 0.5) is 24.8 Å². The number of anilines is 2. The molecule has 0 spiro atoms. The standard InChI is InChI=1S/C19H17F3N6O2/c20-19(21,22)12-2-1-3-13(10-12)25-17-26-16(15-11-24-8-9-29-15)27-18(28-17)30-14-4-6-23-7-5-14/h1-7,10,15,24H,8-9,11H2,(H,25,26,27,28). The number of nitrogens with one attached hydrogen (secondary N) is 2. The predicted octanol–water partition coefficient (Wildman–Crippen LogP) is 3.48. The number of pyridine rings is 1. The van der Waals surface area contributed by atoms with E-state index in [1.807, 2.05) is 0 Å². The first kappa shape index (κ1) is 20.0. The van der Waals surface area contributed by atoms with E-state index in [1.54, 1.807) is 24.5 Å². The molecule has 11 heteroatoms. The molecule has 3 aromatic rings. The van der Waals surface area contributed by atoms with Gasteiger partial charge in [-0.25, -0.2) is 0 Å². The van der Waals surface area contributed by atoms with Gasteiger partial charge in [-0.3, -0.25) is 4.98 Å². The van der Waals surface area contributed by atoms with Crippen molar-refractivity contribution in [2.75, 3.05) is 25.0 Å². The van der Waals surface area contributed by atoms with Crippen molar-refractivity contribution in [3.05, 3.63) is 60.2 Å². The average Bonchev–Trinajstić information content (AvgIpc) is 2.74. The third-order valence-corrected chi connectivity index (χ3v) is 4.15. The van der Waals surface area contributed by atoms with Gasteiger partial charge in [0.2, 0.25) is 5.95 Å². The Balaban J connectivity index is 1.65. The second-order valence-electron chi connectivity index (χ2n) is 6.35. The number of nitrogens with zero attached hydrogens (tertiary/aromatic N) is 4. The SMILES string of the molecule is FC(F)(F)c1cccc(Nc2nc(Oc3ccncc3)nc(C3CNCCO3)n2)c1. The Kier molecular flexibility index (Phi) is 5.72. The minimum atomic E-state index is -4.46. The Morgan fingerprint density at radius 1 is 1.10 bits per heavy atom. The van der Waals surface area contributed by atoms with Crippen LogP contribution in [0.25, 0.3) is 0 Å². The largest absolute Gasteiger partial charge is 0.424 e. The van der Waals surface area contributed by atoms with E-state index in [4.69, 9.17) is 9.47 Å². The summed E-state index contributed by atoms with van der Waals surface area (Å²) in [5, 5.41) is 5.97. The van der Waals surface area contributed by atoms with Crippen LogP contribution in [0.15, 0.2) is 48.8 Å². The molecule has 1 atom stereocenters. The maximum Gasteiger partial charge on any atom is 0.416 e. The summed E-state index contributed by atoms with van der Waals surface area (Å²) in [6.07, 6.45) is -1.80. The maximum absolute atomic E-state index is 13.0. The number of rotatable bonds is 5. The molecule has 8 nitrogen and oxygen atoms in total. The molecule has 30 heavy (non-hydrogen) atoms. The fraction of sp³-hybridized carbons (Fsp3) is 0.263. The van der Waals surface area contributed by atoms with Gasteiger partial charge in [0.15, 0.2) is 5.82 Å². The van der Waals surface area contributed by atoms with Crippen molar-refractivity contribution in [1.82, 2.24) is 25.3 Å². The third-order valence-electron chi connectivity index (χ3n) is 4.15. The molecule has 1 aliphatic heterocycles. The first-order valence-corrected chi connectivity index (χ1v) is 9.08. The highest BCUT2D eigenvalue weighted by Crippen LogP contribution is 2.31. The summed E-state index contributed by atoms with van der Waals surface area (Å²) in [5.74, 6) is 0.795. The van der Waals surface area contributed by atoms with E-state index in [0.29, 0.717) is 31.3 Å². The smallest absolute Gasteiger partial charge is 0.416 e. The molecule has 4 rings (SSSR count). The lowest BCUT2D eigenvalue weighted by molar-refractivity contribution is -0.137. The van der Waals surface area contributed by atoms with Crippen molar-refractivity contribution >= 4 is 11.6 Å². The number of alkyl halides is 3. The van der Waals surface area contributed by atoms with Crippen LogP contribution in [-0.2, 0) is 10.9 Å². The fourth-order valence-corrected chi connectivity index (χ4v) is 2.76. The van der Waals surface area contributed by atoms with E-state index in [2.05, 4.69) is 30.6 Å². The van der Waals surface area contributed by atoms with E-state index in [-0.39, 0.29) is 17.6 Å². The van der Waals surface area contributed by atoms with Crippen LogP contribution in [0.5, 0.6) is 11.8 Å². The monoisotopic (exact) mass is 418 g/mol. The zero-order valence-corrected chi connectivity index (χ0v) is 15.6. The van der Waals surface area contributed by atoms with Gasteiger partial charge in [0.25, 0.3) is 0 Å². The van der Waals surface area contributed by atoms with Gasteiger partial charge in [0.05, 0.1) is 12.2 Å². The fourth-order valence-electron chi connectivity index (χ4n) is 2.76. The summed E-state index contributed by atoms with van der Waals surface area (Å²) < 4.78 is 50.4. The molecule has 2 N–H and O–H groups in total. The average molecular weight is 418 g/mol. The summed E-state index contributed by atoms with van der Waals surface area (Å²) in [4.78, 5) is 16.7. The Morgan fingerprint density at radius 3 is 2.67 bits per heavy atom. The molecule has 1 aliphatic rings. The number of hydrogen-bond acceptors (Lipinski definition) is 8. The first-order chi connectivity index (χ1) is 14.5. The van der Waals surface area contributed by atoms with Crippen molar-refractivity contribution in [3.8, 4) is 11.8 Å². The molecular weight excluding hydrogens is 401 g/mol. The van der Waals surface area contributed by atoms with E-state index < -0.39 is 17.8 Å². The van der Waals surface area contributed by atoms with Crippen LogP contribution in [0.3, 0.4) is 0 Å². The molecule has 1 saturated heterocycles. The van der Waals surface area contributed by atoms with Crippen LogP contribution in [0, 0.1) is 0 Å². The topological polar surface area (TPSA) is 94.1 Å². The molecule has 0 radical (unpaired) electrons. The van der Waals surface area contributed by atoms with E-state index in [9.17, 15) is 13.2 Å². The van der Waals surface area contributed by atoms with Crippen molar-refractivity contribution < 1.29 is 22.6 Å². The minimum absolute atomic E-state index is 0.0187. The van der Waals surface area contributed by atoms with Gasteiger partial charge >= 0.3 is 12.2 Å². The number of morpholine rings is 1. The zero-order chi connectivity index (χ0) is 21.0. The first-order valence-electron chi connectivity index (χ1n) is 9.08. The molecule has 1 unspecified atom stereocenters. The Hall–Kier alpha value is -3.31. The molecule has 0 saturated carbocycles. The zero-order valence-electron chi connectivity index (χ0n) is 15.6. The summed E-state index contributed by atoms with van der Waals surface area (Å²) >= 11 is 0.